The molecule has 1 fully saturated rings. The Morgan fingerprint density at radius 1 is 0.976 bits per heavy atom. The summed E-state index contributed by atoms with van der Waals surface area (Å²) in [4.78, 5) is 29.0. The molecule has 0 saturated heterocycles. The number of hydrogen-bond acceptors (Lipinski definition) is 5. The van der Waals surface area contributed by atoms with Gasteiger partial charge in [0.1, 0.15) is 18.3 Å². The number of methoxy groups -OCH3 is 1. The van der Waals surface area contributed by atoms with Gasteiger partial charge in [-0.3, -0.25) is 13.9 Å². The van der Waals surface area contributed by atoms with Gasteiger partial charge < -0.3 is 15.0 Å². The third-order valence-electron chi connectivity index (χ3n) is 7.64. The molecule has 1 atom stereocenters. The summed E-state index contributed by atoms with van der Waals surface area (Å²) in [5.74, 6) is -0.571. The van der Waals surface area contributed by atoms with E-state index < -0.39 is 28.5 Å². The second kappa shape index (κ2) is 13.6. The maximum atomic E-state index is 14.2. The SMILES string of the molecule is COc1ccc(Cl)cc1N(CC(=O)N(Cc1ccc(C)cc1)C(C)C(=O)NC1CCCC1)S(=O)(=O)c1ccc(C)cc1. The van der Waals surface area contributed by atoms with Crippen LogP contribution in [0.1, 0.15) is 49.3 Å². The molecule has 0 aliphatic heterocycles. The summed E-state index contributed by atoms with van der Waals surface area (Å²) in [5, 5.41) is 3.36. The normalized spacial score (nSPS) is 14.3. The van der Waals surface area contributed by atoms with Gasteiger partial charge in [0.25, 0.3) is 10.0 Å². The average molecular weight is 612 g/mol. The highest BCUT2D eigenvalue weighted by Gasteiger charge is 2.34. The minimum atomic E-state index is -4.25. The molecule has 0 radical (unpaired) electrons. The molecule has 1 unspecified atom stereocenters. The van der Waals surface area contributed by atoms with E-state index >= 15 is 0 Å². The molecule has 1 N–H and O–H groups in total. The van der Waals surface area contributed by atoms with Crippen LogP contribution in [-0.4, -0.2) is 50.9 Å². The lowest BCUT2D eigenvalue weighted by atomic mass is 10.1. The molecular weight excluding hydrogens is 574 g/mol. The van der Waals surface area contributed by atoms with Crippen molar-refractivity contribution in [1.29, 1.82) is 0 Å². The molecule has 3 aromatic rings. The van der Waals surface area contributed by atoms with E-state index in [2.05, 4.69) is 5.32 Å². The van der Waals surface area contributed by atoms with Crippen molar-refractivity contribution in [1.82, 2.24) is 10.2 Å². The number of ether oxygens (including phenoxy) is 1. The third-order valence-corrected chi connectivity index (χ3v) is 9.65. The van der Waals surface area contributed by atoms with Crippen molar-refractivity contribution in [2.24, 2.45) is 0 Å². The number of sulfonamides is 1. The highest BCUT2D eigenvalue weighted by Crippen LogP contribution is 2.35. The van der Waals surface area contributed by atoms with Gasteiger partial charge in [0.15, 0.2) is 0 Å². The molecule has 0 heterocycles. The summed E-state index contributed by atoms with van der Waals surface area (Å²) >= 11 is 6.30. The monoisotopic (exact) mass is 611 g/mol. The number of nitrogens with zero attached hydrogens (tertiary/aromatic N) is 2. The largest absolute Gasteiger partial charge is 0.495 e. The number of carbonyl (C=O) groups is 2. The molecule has 2 amide bonds. The van der Waals surface area contributed by atoms with Crippen molar-refractivity contribution >= 4 is 39.1 Å². The van der Waals surface area contributed by atoms with Crippen LogP contribution in [0.15, 0.2) is 71.6 Å². The number of nitrogens with one attached hydrogen (secondary N) is 1. The number of halogens is 1. The molecule has 0 spiro atoms. The molecule has 1 aliphatic carbocycles. The van der Waals surface area contributed by atoms with Crippen LogP contribution in [0.5, 0.6) is 5.75 Å². The zero-order chi connectivity index (χ0) is 30.4. The Kier molecular flexibility index (Phi) is 10.2. The number of carbonyl (C=O) groups excluding carboxylic acids is 2. The van der Waals surface area contributed by atoms with Crippen LogP contribution >= 0.6 is 11.6 Å². The van der Waals surface area contributed by atoms with Crippen molar-refractivity contribution in [3.63, 3.8) is 0 Å². The molecule has 4 rings (SSSR count). The van der Waals surface area contributed by atoms with Gasteiger partial charge in [-0.05, 0) is 69.5 Å². The Morgan fingerprint density at radius 2 is 1.57 bits per heavy atom. The van der Waals surface area contributed by atoms with E-state index in [0.717, 1.165) is 46.7 Å². The van der Waals surface area contributed by atoms with E-state index in [0.29, 0.717) is 0 Å². The number of amides is 2. The molecule has 10 heteroatoms. The number of aryl methyl sites for hydroxylation is 2. The molecule has 1 saturated carbocycles. The summed E-state index contributed by atoms with van der Waals surface area (Å²) in [6, 6.07) is 17.9. The number of rotatable bonds is 11. The standard InChI is InChI=1S/C32H38ClN3O5S/c1-22-9-13-25(14-10-22)20-35(24(3)32(38)34-27-7-5-6-8-27)31(37)21-36(29-19-26(33)15-18-30(29)41-4)42(39,40)28-16-11-23(2)12-17-28/h9-19,24,27H,5-8,20-21H2,1-4H3,(H,34,38). The predicted molar refractivity (Wildman–Crippen MR) is 165 cm³/mol. The fourth-order valence-electron chi connectivity index (χ4n) is 5.07. The summed E-state index contributed by atoms with van der Waals surface area (Å²) in [6.07, 6.45) is 3.92. The number of benzene rings is 3. The highest BCUT2D eigenvalue weighted by molar-refractivity contribution is 7.92. The minimum Gasteiger partial charge on any atom is -0.495 e. The molecule has 224 valence electrons. The zero-order valence-electron chi connectivity index (χ0n) is 24.5. The first-order chi connectivity index (χ1) is 20.0. The van der Waals surface area contributed by atoms with Crippen LogP contribution in [-0.2, 0) is 26.2 Å². The second-order valence-electron chi connectivity index (χ2n) is 10.8. The first-order valence-electron chi connectivity index (χ1n) is 14.1. The molecule has 42 heavy (non-hydrogen) atoms. The van der Waals surface area contributed by atoms with Gasteiger partial charge >= 0.3 is 0 Å². The third kappa shape index (κ3) is 7.44. The lowest BCUT2D eigenvalue weighted by Crippen LogP contribution is -2.52. The van der Waals surface area contributed by atoms with E-state index in [1.807, 2.05) is 38.1 Å². The van der Waals surface area contributed by atoms with Crippen molar-refractivity contribution in [3.8, 4) is 5.75 Å². The molecular formula is C32H38ClN3O5S. The van der Waals surface area contributed by atoms with E-state index in [-0.39, 0.29) is 39.8 Å². The van der Waals surface area contributed by atoms with E-state index in [4.69, 9.17) is 16.3 Å². The smallest absolute Gasteiger partial charge is 0.264 e. The van der Waals surface area contributed by atoms with Crippen molar-refractivity contribution in [2.75, 3.05) is 18.0 Å². The number of hydrogen-bond donors (Lipinski definition) is 1. The van der Waals surface area contributed by atoms with E-state index in [1.54, 1.807) is 31.2 Å². The lowest BCUT2D eigenvalue weighted by molar-refractivity contribution is -0.139. The Balaban J connectivity index is 1.73. The van der Waals surface area contributed by atoms with Crippen molar-refractivity contribution in [3.05, 3.63) is 88.4 Å². The Morgan fingerprint density at radius 3 is 2.17 bits per heavy atom. The molecule has 0 bridgehead atoms. The summed E-state index contributed by atoms with van der Waals surface area (Å²) in [5.41, 5.74) is 2.90. The molecule has 8 nitrogen and oxygen atoms in total. The first kappa shape index (κ1) is 31.4. The van der Waals surface area contributed by atoms with Gasteiger partial charge in [0, 0.05) is 17.6 Å². The average Bonchev–Trinajstić information content (AvgIpc) is 3.48. The topological polar surface area (TPSA) is 96.0 Å². The second-order valence-corrected chi connectivity index (χ2v) is 13.1. The lowest BCUT2D eigenvalue weighted by Gasteiger charge is -2.33. The van der Waals surface area contributed by atoms with Crippen LogP contribution in [0.25, 0.3) is 0 Å². The van der Waals surface area contributed by atoms with Gasteiger partial charge in [-0.25, -0.2) is 8.42 Å². The van der Waals surface area contributed by atoms with Gasteiger partial charge in [0.05, 0.1) is 17.7 Å². The quantitative estimate of drug-likeness (QED) is 0.303. The van der Waals surface area contributed by atoms with Crippen LogP contribution in [0.3, 0.4) is 0 Å². The fourth-order valence-corrected chi connectivity index (χ4v) is 6.66. The Bertz CT molecular complexity index is 1500. The summed E-state index contributed by atoms with van der Waals surface area (Å²) in [6.45, 7) is 5.06. The maximum Gasteiger partial charge on any atom is 0.264 e. The van der Waals surface area contributed by atoms with Gasteiger partial charge in [-0.1, -0.05) is 72.0 Å². The fraction of sp³-hybridized carbons (Fsp3) is 0.375. The summed E-state index contributed by atoms with van der Waals surface area (Å²) in [7, 11) is -2.82. The van der Waals surface area contributed by atoms with Gasteiger partial charge in [-0.2, -0.15) is 0 Å². The van der Waals surface area contributed by atoms with Crippen LogP contribution in [0.4, 0.5) is 5.69 Å². The Hall–Kier alpha value is -3.56. The van der Waals surface area contributed by atoms with E-state index in [9.17, 15) is 18.0 Å². The van der Waals surface area contributed by atoms with Crippen LogP contribution in [0.2, 0.25) is 5.02 Å². The zero-order valence-corrected chi connectivity index (χ0v) is 26.0. The molecule has 1 aliphatic rings. The maximum absolute atomic E-state index is 14.2. The van der Waals surface area contributed by atoms with Crippen molar-refractivity contribution in [2.45, 2.75) is 70.0 Å². The first-order valence-corrected chi connectivity index (χ1v) is 15.9. The predicted octanol–water partition coefficient (Wildman–Crippen LogP) is 5.64. The Labute approximate surface area is 253 Å². The van der Waals surface area contributed by atoms with E-state index in [1.165, 1.54) is 30.2 Å². The molecule has 0 aromatic heterocycles. The van der Waals surface area contributed by atoms with Crippen LogP contribution in [0, 0.1) is 13.8 Å². The van der Waals surface area contributed by atoms with Crippen LogP contribution < -0.4 is 14.4 Å². The molecule has 3 aromatic carbocycles. The summed E-state index contributed by atoms with van der Waals surface area (Å²) < 4.78 is 34.7. The highest BCUT2D eigenvalue weighted by atomic mass is 35.5. The van der Waals surface area contributed by atoms with Gasteiger partial charge in [0.2, 0.25) is 11.8 Å². The minimum absolute atomic E-state index is 0.0139. The number of anilines is 1. The van der Waals surface area contributed by atoms with Gasteiger partial charge in [-0.15, -0.1) is 0 Å². The van der Waals surface area contributed by atoms with Crippen molar-refractivity contribution < 1.29 is 22.7 Å².